The number of hydrogen-bond donors (Lipinski definition) is 1. The van der Waals surface area contributed by atoms with Gasteiger partial charge >= 0.3 is 0 Å². The molecule has 0 saturated carbocycles. The molecule has 2 aromatic rings. The number of anilines is 3. The second-order valence-corrected chi connectivity index (χ2v) is 4.73. The lowest BCUT2D eigenvalue weighted by atomic mass is 10.1. The molecule has 2 rings (SSSR count). The van der Waals surface area contributed by atoms with E-state index < -0.39 is 11.6 Å². The minimum atomic E-state index is -0.475. The molecule has 0 amide bonds. The molecule has 0 heterocycles. The Morgan fingerprint density at radius 1 is 1.11 bits per heavy atom. The molecule has 0 spiro atoms. The van der Waals surface area contributed by atoms with Crippen molar-refractivity contribution in [3.8, 4) is 0 Å². The van der Waals surface area contributed by atoms with E-state index in [9.17, 15) is 8.78 Å². The predicted molar refractivity (Wildman–Crippen MR) is 75.0 cm³/mol. The largest absolute Gasteiger partial charge is 0.398 e. The van der Waals surface area contributed by atoms with Gasteiger partial charge in [0.25, 0.3) is 0 Å². The van der Waals surface area contributed by atoms with Crippen LogP contribution in [0.2, 0.25) is 5.02 Å². The van der Waals surface area contributed by atoms with Crippen molar-refractivity contribution in [3.63, 3.8) is 0 Å². The molecule has 2 N–H and O–H groups in total. The number of hydrogen-bond acceptors (Lipinski definition) is 2. The van der Waals surface area contributed by atoms with Crippen LogP contribution in [0.3, 0.4) is 0 Å². The number of nitrogen functional groups attached to an aromatic ring is 1. The maximum atomic E-state index is 13.9. The van der Waals surface area contributed by atoms with Crippen LogP contribution in [0.5, 0.6) is 0 Å². The van der Waals surface area contributed by atoms with Crippen LogP contribution < -0.4 is 10.6 Å². The number of nitrogens with zero attached hydrogens (tertiary/aromatic N) is 1. The summed E-state index contributed by atoms with van der Waals surface area (Å²) < 4.78 is 27.3. The van der Waals surface area contributed by atoms with Crippen molar-refractivity contribution in [2.75, 3.05) is 17.7 Å². The van der Waals surface area contributed by atoms with E-state index in [1.807, 2.05) is 0 Å². The molecule has 100 valence electrons. The highest BCUT2D eigenvalue weighted by atomic mass is 35.5. The Morgan fingerprint density at radius 3 is 2.42 bits per heavy atom. The Morgan fingerprint density at radius 2 is 1.79 bits per heavy atom. The second kappa shape index (κ2) is 5.05. The van der Waals surface area contributed by atoms with Crippen LogP contribution in [0.4, 0.5) is 25.8 Å². The smallest absolute Gasteiger partial charge is 0.148 e. The first-order chi connectivity index (χ1) is 8.90. The van der Waals surface area contributed by atoms with Crippen LogP contribution in [-0.2, 0) is 0 Å². The summed E-state index contributed by atoms with van der Waals surface area (Å²) in [5, 5.41) is 0.310. The lowest BCUT2D eigenvalue weighted by Gasteiger charge is -2.23. The molecule has 0 unspecified atom stereocenters. The average molecular weight is 283 g/mol. The van der Waals surface area contributed by atoms with Gasteiger partial charge in [0, 0.05) is 23.4 Å². The van der Waals surface area contributed by atoms with Gasteiger partial charge in [-0.15, -0.1) is 0 Å². The Labute approximate surface area is 115 Å². The maximum absolute atomic E-state index is 13.9. The zero-order valence-electron chi connectivity index (χ0n) is 10.5. The number of benzene rings is 2. The summed E-state index contributed by atoms with van der Waals surface area (Å²) in [6, 6.07) is 6.89. The molecule has 0 aromatic heterocycles. The normalized spacial score (nSPS) is 10.6. The SMILES string of the molecule is Cc1c(N)cc(F)cc1N(C)c1ccc(Cl)cc1F. The summed E-state index contributed by atoms with van der Waals surface area (Å²) in [5.41, 5.74) is 7.56. The van der Waals surface area contributed by atoms with Gasteiger partial charge in [0.2, 0.25) is 0 Å². The van der Waals surface area contributed by atoms with Crippen molar-refractivity contribution in [2.24, 2.45) is 0 Å². The molecule has 0 aliphatic heterocycles. The van der Waals surface area contributed by atoms with E-state index in [0.29, 0.717) is 27.6 Å². The molecule has 5 heteroatoms. The van der Waals surface area contributed by atoms with Gasteiger partial charge in [-0.25, -0.2) is 8.78 Å². The van der Waals surface area contributed by atoms with Crippen molar-refractivity contribution in [1.82, 2.24) is 0 Å². The number of rotatable bonds is 2. The number of nitrogens with two attached hydrogens (primary N) is 1. The zero-order chi connectivity index (χ0) is 14.2. The van der Waals surface area contributed by atoms with E-state index >= 15 is 0 Å². The van der Waals surface area contributed by atoms with Gasteiger partial charge in [-0.2, -0.15) is 0 Å². The van der Waals surface area contributed by atoms with Crippen LogP contribution in [0.25, 0.3) is 0 Å². The molecular formula is C14H13ClF2N2. The average Bonchev–Trinajstić information content (AvgIpc) is 2.33. The Kier molecular flexibility index (Phi) is 3.62. The molecule has 19 heavy (non-hydrogen) atoms. The summed E-state index contributed by atoms with van der Waals surface area (Å²) >= 11 is 5.71. The highest BCUT2D eigenvalue weighted by Gasteiger charge is 2.14. The third-order valence-corrected chi connectivity index (χ3v) is 3.25. The molecule has 0 radical (unpaired) electrons. The van der Waals surface area contributed by atoms with Crippen molar-refractivity contribution in [1.29, 1.82) is 0 Å². The van der Waals surface area contributed by atoms with E-state index in [-0.39, 0.29) is 0 Å². The summed E-state index contributed by atoms with van der Waals surface area (Å²) in [5.74, 6) is -0.934. The van der Waals surface area contributed by atoms with Gasteiger partial charge in [-0.1, -0.05) is 11.6 Å². The summed E-state index contributed by atoms with van der Waals surface area (Å²) in [6.07, 6.45) is 0. The second-order valence-electron chi connectivity index (χ2n) is 4.29. The van der Waals surface area contributed by atoms with Gasteiger partial charge < -0.3 is 10.6 Å². The van der Waals surface area contributed by atoms with Crippen molar-refractivity contribution in [2.45, 2.75) is 6.92 Å². The Bertz CT molecular complexity index is 629. The van der Waals surface area contributed by atoms with Crippen LogP contribution in [0, 0.1) is 18.6 Å². The summed E-state index contributed by atoms with van der Waals surface area (Å²) in [7, 11) is 1.65. The van der Waals surface area contributed by atoms with Crippen LogP contribution in [0.15, 0.2) is 30.3 Å². The highest BCUT2D eigenvalue weighted by molar-refractivity contribution is 6.30. The third-order valence-electron chi connectivity index (χ3n) is 3.02. The van der Waals surface area contributed by atoms with Crippen molar-refractivity contribution >= 4 is 28.7 Å². The zero-order valence-corrected chi connectivity index (χ0v) is 11.3. The highest BCUT2D eigenvalue weighted by Crippen LogP contribution is 2.33. The molecule has 0 bridgehead atoms. The molecule has 0 aliphatic carbocycles. The lowest BCUT2D eigenvalue weighted by molar-refractivity contribution is 0.623. The van der Waals surface area contributed by atoms with E-state index in [1.165, 1.54) is 24.3 Å². The fourth-order valence-corrected chi connectivity index (χ4v) is 2.08. The molecule has 0 fully saturated rings. The fraction of sp³-hybridized carbons (Fsp3) is 0.143. The van der Waals surface area contributed by atoms with E-state index in [2.05, 4.69) is 0 Å². The van der Waals surface area contributed by atoms with Gasteiger partial charge in [0.1, 0.15) is 11.6 Å². The minimum Gasteiger partial charge on any atom is -0.398 e. The summed E-state index contributed by atoms with van der Waals surface area (Å²) in [6.45, 7) is 1.76. The molecule has 0 saturated heterocycles. The van der Waals surface area contributed by atoms with E-state index in [0.717, 1.165) is 0 Å². The van der Waals surface area contributed by atoms with Crippen molar-refractivity contribution in [3.05, 3.63) is 52.6 Å². The Hall–Kier alpha value is -1.81. The number of halogens is 3. The van der Waals surface area contributed by atoms with Crippen LogP contribution in [0.1, 0.15) is 5.56 Å². The first kappa shape index (κ1) is 13.6. The molecule has 2 nitrogen and oxygen atoms in total. The van der Waals surface area contributed by atoms with Gasteiger partial charge in [0.15, 0.2) is 0 Å². The van der Waals surface area contributed by atoms with Crippen LogP contribution in [-0.4, -0.2) is 7.05 Å². The topological polar surface area (TPSA) is 29.3 Å². The third kappa shape index (κ3) is 2.63. The predicted octanol–water partition coefficient (Wildman–Crippen LogP) is 4.28. The first-order valence-electron chi connectivity index (χ1n) is 5.64. The molecule has 0 aliphatic rings. The maximum Gasteiger partial charge on any atom is 0.148 e. The lowest BCUT2D eigenvalue weighted by Crippen LogP contribution is -2.13. The first-order valence-corrected chi connectivity index (χ1v) is 6.02. The van der Waals surface area contributed by atoms with E-state index in [4.69, 9.17) is 17.3 Å². The van der Waals surface area contributed by atoms with Gasteiger partial charge in [-0.3, -0.25) is 0 Å². The molecule has 0 atom stereocenters. The monoisotopic (exact) mass is 282 g/mol. The Balaban J connectivity index is 2.52. The molecule has 2 aromatic carbocycles. The van der Waals surface area contributed by atoms with Gasteiger partial charge in [0.05, 0.1) is 5.69 Å². The standard InChI is InChI=1S/C14H13ClF2N2/c1-8-12(18)6-10(16)7-14(8)19(2)13-4-3-9(15)5-11(13)17/h3-7H,18H2,1-2H3. The van der Waals surface area contributed by atoms with E-state index in [1.54, 1.807) is 24.9 Å². The minimum absolute atomic E-state index is 0.303. The molecular weight excluding hydrogens is 270 g/mol. The summed E-state index contributed by atoms with van der Waals surface area (Å²) in [4.78, 5) is 1.54. The van der Waals surface area contributed by atoms with Crippen molar-refractivity contribution < 1.29 is 8.78 Å². The fourth-order valence-electron chi connectivity index (χ4n) is 1.92. The van der Waals surface area contributed by atoms with Crippen LogP contribution >= 0.6 is 11.6 Å². The quantitative estimate of drug-likeness (QED) is 0.833. The van der Waals surface area contributed by atoms with Gasteiger partial charge in [-0.05, 0) is 42.8 Å².